The average Bonchev–Trinajstić information content (AvgIpc) is 2.76. The molecule has 0 aliphatic carbocycles. The lowest BCUT2D eigenvalue weighted by atomic mass is 9.76. The minimum Gasteiger partial charge on any atom is -0.445 e. The highest BCUT2D eigenvalue weighted by Gasteiger charge is 2.66. The van der Waals surface area contributed by atoms with Gasteiger partial charge in [0.1, 0.15) is 6.61 Å². The molecule has 126 valence electrons. The Morgan fingerprint density at radius 1 is 1.17 bits per heavy atom. The molecule has 3 rings (SSSR count). The molecule has 0 bridgehead atoms. The number of ether oxygens (including phenoxy) is 1. The maximum absolute atomic E-state index is 14.3. The van der Waals surface area contributed by atoms with Crippen molar-refractivity contribution in [3.8, 4) is 0 Å². The lowest BCUT2D eigenvalue weighted by Crippen LogP contribution is -2.65. The molecule has 23 heavy (non-hydrogen) atoms. The second-order valence-electron chi connectivity index (χ2n) is 6.88. The summed E-state index contributed by atoms with van der Waals surface area (Å²) in [6.45, 7) is 4.24. The van der Waals surface area contributed by atoms with Crippen LogP contribution >= 0.6 is 0 Å². The molecule has 0 aromatic heterocycles. The van der Waals surface area contributed by atoms with E-state index in [9.17, 15) is 13.6 Å². The first-order valence-corrected chi connectivity index (χ1v) is 7.90. The van der Waals surface area contributed by atoms with Crippen molar-refractivity contribution in [3.63, 3.8) is 0 Å². The van der Waals surface area contributed by atoms with E-state index in [1.165, 1.54) is 4.90 Å². The van der Waals surface area contributed by atoms with Crippen molar-refractivity contribution in [2.45, 2.75) is 32.4 Å². The van der Waals surface area contributed by atoms with Gasteiger partial charge in [0.15, 0.2) is 0 Å². The van der Waals surface area contributed by atoms with Crippen LogP contribution in [-0.2, 0) is 11.3 Å². The van der Waals surface area contributed by atoms with Crippen LogP contribution < -0.4 is 0 Å². The van der Waals surface area contributed by atoms with Crippen LogP contribution in [0.3, 0.4) is 0 Å². The maximum atomic E-state index is 14.3. The summed E-state index contributed by atoms with van der Waals surface area (Å²) in [4.78, 5) is 15.2. The molecule has 6 heteroatoms. The van der Waals surface area contributed by atoms with Gasteiger partial charge in [0.05, 0.1) is 12.0 Å². The molecule has 0 atom stereocenters. The summed E-state index contributed by atoms with van der Waals surface area (Å²) in [5, 5.41) is 0. The number of amides is 1. The minimum atomic E-state index is -2.76. The number of halogens is 2. The quantitative estimate of drug-likeness (QED) is 0.857. The van der Waals surface area contributed by atoms with Crippen LogP contribution in [0.5, 0.6) is 0 Å². The number of carbonyl (C=O) groups is 1. The molecular formula is C17H22F2N2O2. The van der Waals surface area contributed by atoms with Gasteiger partial charge in [0.25, 0.3) is 5.92 Å². The first-order chi connectivity index (χ1) is 10.8. The standard InChI is InChI=1S/C17H22F2N2O2/c1-13(2)20-9-16(17(18,19)12-20)10-21(11-16)15(22)23-8-14-6-4-3-5-7-14/h3-7,13H,8-12H2,1-2H3. The summed E-state index contributed by atoms with van der Waals surface area (Å²) in [7, 11) is 0. The summed E-state index contributed by atoms with van der Waals surface area (Å²) < 4.78 is 33.9. The summed E-state index contributed by atoms with van der Waals surface area (Å²) in [6, 6.07) is 9.41. The van der Waals surface area contributed by atoms with Crippen molar-refractivity contribution in [3.05, 3.63) is 35.9 Å². The van der Waals surface area contributed by atoms with Crippen molar-refractivity contribution >= 4 is 6.09 Å². The second kappa shape index (κ2) is 5.74. The molecule has 1 aromatic carbocycles. The molecule has 0 radical (unpaired) electrons. The molecular weight excluding hydrogens is 302 g/mol. The molecule has 2 fully saturated rings. The molecule has 0 N–H and O–H groups in total. The first kappa shape index (κ1) is 16.2. The molecule has 1 aromatic rings. The SMILES string of the molecule is CC(C)N1CC(F)(F)C2(CN(C(=O)OCc3ccccc3)C2)C1. The molecule has 2 aliphatic rings. The largest absolute Gasteiger partial charge is 0.445 e. The molecule has 1 amide bonds. The fourth-order valence-electron chi connectivity index (χ4n) is 3.30. The molecule has 2 aliphatic heterocycles. The monoisotopic (exact) mass is 324 g/mol. The zero-order valence-electron chi connectivity index (χ0n) is 13.5. The van der Waals surface area contributed by atoms with Crippen LogP contribution in [0.25, 0.3) is 0 Å². The summed E-state index contributed by atoms with van der Waals surface area (Å²) in [6.07, 6.45) is -0.515. The van der Waals surface area contributed by atoms with Crippen LogP contribution in [0.4, 0.5) is 13.6 Å². The first-order valence-electron chi connectivity index (χ1n) is 7.90. The van der Waals surface area contributed by atoms with E-state index in [-0.39, 0.29) is 32.3 Å². The van der Waals surface area contributed by atoms with Gasteiger partial charge in [-0.3, -0.25) is 4.90 Å². The van der Waals surface area contributed by atoms with E-state index in [4.69, 9.17) is 4.74 Å². The molecule has 0 saturated carbocycles. The Bertz CT molecular complexity index is 571. The van der Waals surface area contributed by atoms with Gasteiger partial charge in [-0.15, -0.1) is 0 Å². The van der Waals surface area contributed by atoms with Crippen molar-refractivity contribution in [2.24, 2.45) is 5.41 Å². The van der Waals surface area contributed by atoms with E-state index < -0.39 is 17.4 Å². The van der Waals surface area contributed by atoms with Crippen LogP contribution in [0.1, 0.15) is 19.4 Å². The van der Waals surface area contributed by atoms with E-state index in [0.717, 1.165) is 5.56 Å². The van der Waals surface area contributed by atoms with Gasteiger partial charge in [0.2, 0.25) is 0 Å². The Morgan fingerprint density at radius 2 is 1.83 bits per heavy atom. The van der Waals surface area contributed by atoms with Crippen LogP contribution in [-0.4, -0.2) is 54.0 Å². The third-order valence-corrected chi connectivity index (χ3v) is 4.86. The van der Waals surface area contributed by atoms with Crippen LogP contribution in [0, 0.1) is 5.41 Å². The number of likely N-dealkylation sites (tertiary alicyclic amines) is 2. The zero-order valence-corrected chi connectivity index (χ0v) is 13.5. The maximum Gasteiger partial charge on any atom is 0.410 e. The number of hydrogen-bond donors (Lipinski definition) is 0. The molecule has 4 nitrogen and oxygen atoms in total. The topological polar surface area (TPSA) is 32.8 Å². The number of hydrogen-bond acceptors (Lipinski definition) is 3. The lowest BCUT2D eigenvalue weighted by Gasteiger charge is -2.49. The van der Waals surface area contributed by atoms with E-state index in [0.29, 0.717) is 6.54 Å². The fourth-order valence-corrected chi connectivity index (χ4v) is 3.30. The van der Waals surface area contributed by atoms with Gasteiger partial charge in [-0.05, 0) is 19.4 Å². The highest BCUT2D eigenvalue weighted by atomic mass is 19.3. The number of rotatable bonds is 3. The molecule has 0 unspecified atom stereocenters. The van der Waals surface area contributed by atoms with E-state index in [1.807, 2.05) is 44.2 Å². The van der Waals surface area contributed by atoms with Gasteiger partial charge in [-0.25, -0.2) is 13.6 Å². The van der Waals surface area contributed by atoms with E-state index >= 15 is 0 Å². The predicted molar refractivity (Wildman–Crippen MR) is 82.3 cm³/mol. The number of carbonyl (C=O) groups excluding carboxylic acids is 1. The van der Waals surface area contributed by atoms with E-state index in [1.54, 1.807) is 4.90 Å². The van der Waals surface area contributed by atoms with Crippen molar-refractivity contribution in [1.82, 2.24) is 9.80 Å². The van der Waals surface area contributed by atoms with Gasteiger partial charge in [-0.2, -0.15) is 0 Å². The van der Waals surface area contributed by atoms with Crippen molar-refractivity contribution in [1.29, 1.82) is 0 Å². The summed E-state index contributed by atoms with van der Waals surface area (Å²) >= 11 is 0. The predicted octanol–water partition coefficient (Wildman–Crippen LogP) is 2.98. The van der Waals surface area contributed by atoms with Gasteiger partial charge in [0, 0.05) is 25.7 Å². The normalized spacial score (nSPS) is 22.4. The van der Waals surface area contributed by atoms with Crippen molar-refractivity contribution < 1.29 is 18.3 Å². The summed E-state index contributed by atoms with van der Waals surface area (Å²) in [5.74, 6) is -2.76. The Kier molecular flexibility index (Phi) is 4.04. The van der Waals surface area contributed by atoms with Crippen LogP contribution in [0.2, 0.25) is 0 Å². The highest BCUT2D eigenvalue weighted by molar-refractivity contribution is 5.69. The van der Waals surface area contributed by atoms with Gasteiger partial charge >= 0.3 is 6.09 Å². The summed E-state index contributed by atoms with van der Waals surface area (Å²) in [5.41, 5.74) is -0.225. The van der Waals surface area contributed by atoms with Gasteiger partial charge < -0.3 is 9.64 Å². The van der Waals surface area contributed by atoms with Crippen LogP contribution in [0.15, 0.2) is 30.3 Å². The third-order valence-electron chi connectivity index (χ3n) is 4.86. The number of alkyl halides is 2. The van der Waals surface area contributed by atoms with Gasteiger partial charge in [-0.1, -0.05) is 30.3 Å². The smallest absolute Gasteiger partial charge is 0.410 e. The molecule has 2 heterocycles. The third kappa shape index (κ3) is 2.92. The fraction of sp³-hybridized carbons (Fsp3) is 0.588. The average molecular weight is 324 g/mol. The lowest BCUT2D eigenvalue weighted by molar-refractivity contribution is -0.148. The number of benzene rings is 1. The van der Waals surface area contributed by atoms with Crippen molar-refractivity contribution in [2.75, 3.05) is 26.2 Å². The Labute approximate surface area is 135 Å². The second-order valence-corrected chi connectivity index (χ2v) is 6.88. The highest BCUT2D eigenvalue weighted by Crippen LogP contribution is 2.50. The molecule has 1 spiro atoms. The number of nitrogens with zero attached hydrogens (tertiary/aromatic N) is 2. The Balaban J connectivity index is 1.55. The Morgan fingerprint density at radius 3 is 2.39 bits per heavy atom. The molecule has 2 saturated heterocycles. The minimum absolute atomic E-state index is 0.0663. The zero-order chi connectivity index (χ0) is 16.7. The van der Waals surface area contributed by atoms with E-state index in [2.05, 4.69) is 0 Å². The Hall–Kier alpha value is -1.69.